The van der Waals surface area contributed by atoms with Crippen molar-refractivity contribution in [3.8, 4) is 0 Å². The first-order valence-corrected chi connectivity index (χ1v) is 6.40. The Morgan fingerprint density at radius 3 is 2.29 bits per heavy atom. The summed E-state index contributed by atoms with van der Waals surface area (Å²) in [6.07, 6.45) is 0. The van der Waals surface area contributed by atoms with Crippen LogP contribution in [0.1, 0.15) is 11.1 Å². The molecule has 1 amide bonds. The van der Waals surface area contributed by atoms with Crippen molar-refractivity contribution in [2.45, 2.75) is 5.60 Å². The number of amides is 1. The van der Waals surface area contributed by atoms with Crippen LogP contribution < -0.4 is 4.90 Å². The number of hydrogen-bond acceptors (Lipinski definition) is 2. The van der Waals surface area contributed by atoms with Gasteiger partial charge in [0.15, 0.2) is 5.60 Å². The number of nitrogens with zero attached hydrogens (tertiary/aromatic N) is 1. The predicted octanol–water partition coefficient (Wildman–Crippen LogP) is 2.83. The number of carbonyl (C=O) groups excluding carboxylic acids is 1. The van der Waals surface area contributed by atoms with Gasteiger partial charge in [0, 0.05) is 19.7 Å². The van der Waals surface area contributed by atoms with E-state index in [0.717, 1.165) is 0 Å². The molecule has 2 aromatic carbocycles. The van der Waals surface area contributed by atoms with E-state index in [9.17, 15) is 13.6 Å². The van der Waals surface area contributed by atoms with Crippen molar-refractivity contribution >= 4 is 11.6 Å². The second kappa shape index (κ2) is 4.63. The molecule has 0 saturated carbocycles. The molecule has 0 saturated heterocycles. The van der Waals surface area contributed by atoms with Crippen molar-refractivity contribution in [1.29, 1.82) is 0 Å². The summed E-state index contributed by atoms with van der Waals surface area (Å²) >= 11 is 0. The van der Waals surface area contributed by atoms with E-state index in [1.807, 2.05) is 0 Å². The number of fused-ring (bicyclic) bond motifs is 1. The fourth-order valence-corrected chi connectivity index (χ4v) is 2.82. The predicted molar refractivity (Wildman–Crippen MR) is 74.0 cm³/mol. The summed E-state index contributed by atoms with van der Waals surface area (Å²) in [4.78, 5) is 14.1. The molecule has 0 bridgehead atoms. The highest BCUT2D eigenvalue weighted by Gasteiger charge is 2.51. The third-order valence-corrected chi connectivity index (χ3v) is 3.86. The minimum atomic E-state index is -1.44. The van der Waals surface area contributed by atoms with Crippen LogP contribution in [0, 0.1) is 11.6 Å². The smallest absolute Gasteiger partial charge is 0.268 e. The molecule has 108 valence electrons. The number of likely N-dealkylation sites (N-methyl/N-ethyl adjacent to an activating group) is 1. The van der Waals surface area contributed by atoms with E-state index in [2.05, 4.69) is 0 Å². The second-order valence-corrected chi connectivity index (χ2v) is 4.92. The Kier molecular flexibility index (Phi) is 3.02. The molecule has 1 heterocycles. The molecule has 1 atom stereocenters. The molecule has 3 nitrogen and oxygen atoms in total. The number of carbonyl (C=O) groups is 1. The lowest BCUT2D eigenvalue weighted by Gasteiger charge is -2.27. The molecule has 1 unspecified atom stereocenters. The van der Waals surface area contributed by atoms with Crippen molar-refractivity contribution in [2.75, 3.05) is 19.1 Å². The average Bonchev–Trinajstić information content (AvgIpc) is 2.69. The summed E-state index contributed by atoms with van der Waals surface area (Å²) in [7, 11) is 2.98. The van der Waals surface area contributed by atoms with Gasteiger partial charge in [-0.05, 0) is 35.9 Å². The number of benzene rings is 2. The van der Waals surface area contributed by atoms with Crippen molar-refractivity contribution in [3.63, 3.8) is 0 Å². The van der Waals surface area contributed by atoms with Gasteiger partial charge in [0.05, 0.1) is 5.69 Å². The van der Waals surface area contributed by atoms with Gasteiger partial charge in [-0.3, -0.25) is 4.79 Å². The number of methoxy groups -OCH3 is 1. The minimum absolute atomic E-state index is 0.336. The maximum Gasteiger partial charge on any atom is 0.268 e. The van der Waals surface area contributed by atoms with Crippen LogP contribution in [0.2, 0.25) is 0 Å². The first kappa shape index (κ1) is 13.7. The van der Waals surface area contributed by atoms with Crippen LogP contribution in [0.25, 0.3) is 0 Å². The largest absolute Gasteiger partial charge is 0.359 e. The SMILES string of the molecule is COC1(c2ccc(F)cc2)C(=O)N(C)c2ccc(F)cc21. The number of halogens is 2. The summed E-state index contributed by atoms with van der Waals surface area (Å²) in [5.41, 5.74) is 0.0177. The number of rotatable bonds is 2. The average molecular weight is 289 g/mol. The van der Waals surface area contributed by atoms with Gasteiger partial charge in [-0.15, -0.1) is 0 Å². The quantitative estimate of drug-likeness (QED) is 0.851. The summed E-state index contributed by atoms with van der Waals surface area (Å²) < 4.78 is 32.3. The van der Waals surface area contributed by atoms with Gasteiger partial charge < -0.3 is 9.64 Å². The molecule has 2 aromatic rings. The van der Waals surface area contributed by atoms with Crippen molar-refractivity contribution < 1.29 is 18.3 Å². The molecule has 1 aliphatic heterocycles. The first-order valence-electron chi connectivity index (χ1n) is 6.40. The molecule has 1 aliphatic rings. The third kappa shape index (κ3) is 1.77. The molecule has 21 heavy (non-hydrogen) atoms. The van der Waals surface area contributed by atoms with E-state index in [0.29, 0.717) is 16.8 Å². The fraction of sp³-hybridized carbons (Fsp3) is 0.188. The van der Waals surface area contributed by atoms with Crippen molar-refractivity contribution in [3.05, 3.63) is 65.2 Å². The Morgan fingerprint density at radius 2 is 1.67 bits per heavy atom. The monoisotopic (exact) mass is 289 g/mol. The van der Waals surface area contributed by atoms with Gasteiger partial charge >= 0.3 is 0 Å². The van der Waals surface area contributed by atoms with E-state index in [4.69, 9.17) is 4.74 Å². The molecule has 5 heteroatoms. The normalized spacial score (nSPS) is 20.8. The fourth-order valence-electron chi connectivity index (χ4n) is 2.82. The van der Waals surface area contributed by atoms with Crippen LogP contribution in [0.15, 0.2) is 42.5 Å². The van der Waals surface area contributed by atoms with E-state index < -0.39 is 17.2 Å². The maximum absolute atomic E-state index is 13.6. The molecule has 0 aromatic heterocycles. The number of anilines is 1. The second-order valence-electron chi connectivity index (χ2n) is 4.92. The van der Waals surface area contributed by atoms with E-state index in [1.165, 1.54) is 54.5 Å². The zero-order valence-electron chi connectivity index (χ0n) is 11.6. The van der Waals surface area contributed by atoms with Crippen molar-refractivity contribution in [2.24, 2.45) is 0 Å². The van der Waals surface area contributed by atoms with Gasteiger partial charge in [-0.2, -0.15) is 0 Å². The van der Waals surface area contributed by atoms with Gasteiger partial charge in [0.1, 0.15) is 11.6 Å². The summed E-state index contributed by atoms with van der Waals surface area (Å²) in [6.45, 7) is 0. The Hall–Kier alpha value is -2.27. The molecule has 0 spiro atoms. The summed E-state index contributed by atoms with van der Waals surface area (Å²) in [6, 6.07) is 9.56. The van der Waals surface area contributed by atoms with Crippen molar-refractivity contribution in [1.82, 2.24) is 0 Å². The molecule has 0 N–H and O–H groups in total. The molecule has 0 aliphatic carbocycles. The Morgan fingerprint density at radius 1 is 1.05 bits per heavy atom. The van der Waals surface area contributed by atoms with Gasteiger partial charge in [0.2, 0.25) is 0 Å². The van der Waals surface area contributed by atoms with Crippen LogP contribution in [0.4, 0.5) is 14.5 Å². The molecule has 3 rings (SSSR count). The molecule has 0 radical (unpaired) electrons. The van der Waals surface area contributed by atoms with E-state index >= 15 is 0 Å². The van der Waals surface area contributed by atoms with E-state index in [-0.39, 0.29) is 5.91 Å². The maximum atomic E-state index is 13.6. The lowest BCUT2D eigenvalue weighted by atomic mass is 9.87. The first-order chi connectivity index (χ1) is 10.0. The third-order valence-electron chi connectivity index (χ3n) is 3.86. The zero-order chi connectivity index (χ0) is 15.2. The van der Waals surface area contributed by atoms with Crippen LogP contribution in [0.3, 0.4) is 0 Å². The van der Waals surface area contributed by atoms with Gasteiger partial charge in [-0.1, -0.05) is 12.1 Å². The summed E-state index contributed by atoms with van der Waals surface area (Å²) in [5, 5.41) is 0. The summed E-state index contributed by atoms with van der Waals surface area (Å²) in [5.74, 6) is -1.21. The molecular formula is C16H13F2NO2. The van der Waals surface area contributed by atoms with Crippen LogP contribution >= 0.6 is 0 Å². The standard InChI is InChI=1S/C16H13F2NO2/c1-19-14-8-7-12(18)9-13(14)16(21-2,15(19)20)10-3-5-11(17)6-4-10/h3-9H,1-2H3. The van der Waals surface area contributed by atoms with Gasteiger partial charge in [-0.25, -0.2) is 8.78 Å². The Bertz CT molecular complexity index is 715. The zero-order valence-corrected chi connectivity index (χ0v) is 11.6. The lowest BCUT2D eigenvalue weighted by molar-refractivity contribution is -0.134. The molecule has 0 fully saturated rings. The highest BCUT2D eigenvalue weighted by atomic mass is 19.1. The highest BCUT2D eigenvalue weighted by molar-refractivity contribution is 6.08. The number of ether oxygens (including phenoxy) is 1. The van der Waals surface area contributed by atoms with Crippen LogP contribution in [-0.2, 0) is 15.1 Å². The van der Waals surface area contributed by atoms with Gasteiger partial charge in [0.25, 0.3) is 5.91 Å². The lowest BCUT2D eigenvalue weighted by Crippen LogP contribution is -2.41. The minimum Gasteiger partial charge on any atom is -0.359 e. The van der Waals surface area contributed by atoms with Crippen LogP contribution in [-0.4, -0.2) is 20.1 Å². The Labute approximate surface area is 120 Å². The highest BCUT2D eigenvalue weighted by Crippen LogP contribution is 2.46. The number of hydrogen-bond donors (Lipinski definition) is 0. The van der Waals surface area contributed by atoms with E-state index in [1.54, 1.807) is 7.05 Å². The van der Waals surface area contributed by atoms with Crippen LogP contribution in [0.5, 0.6) is 0 Å². The molecular weight excluding hydrogens is 276 g/mol. The Balaban J connectivity index is 2.30. The topological polar surface area (TPSA) is 29.5 Å².